The zero-order valence-electron chi connectivity index (χ0n) is 13.5. The summed E-state index contributed by atoms with van der Waals surface area (Å²) in [4.78, 5) is 4.50. The molecule has 0 aliphatic heterocycles. The molecule has 1 aliphatic carbocycles. The number of nitrogens with zero attached hydrogens (tertiary/aromatic N) is 1. The number of rotatable bonds is 5. The van der Waals surface area contributed by atoms with E-state index >= 15 is 0 Å². The minimum atomic E-state index is -3.35. The summed E-state index contributed by atoms with van der Waals surface area (Å²) in [7, 11) is -3.35. The van der Waals surface area contributed by atoms with Gasteiger partial charge in [-0.1, -0.05) is 35.3 Å². The zero-order valence-corrected chi connectivity index (χ0v) is 15.9. The van der Waals surface area contributed by atoms with E-state index < -0.39 is 9.84 Å². The fourth-order valence-electron chi connectivity index (χ4n) is 3.35. The Hall–Kier alpha value is -1.14. The van der Waals surface area contributed by atoms with Gasteiger partial charge >= 0.3 is 0 Å². The highest BCUT2D eigenvalue weighted by molar-refractivity contribution is 7.91. The molecule has 1 aliphatic rings. The van der Waals surface area contributed by atoms with Gasteiger partial charge in [-0.2, -0.15) is 0 Å². The number of halogens is 2. The monoisotopic (exact) mass is 399 g/mol. The van der Waals surface area contributed by atoms with Gasteiger partial charge in [0.05, 0.1) is 26.4 Å². The van der Waals surface area contributed by atoms with Crippen LogP contribution in [0, 0.1) is 11.8 Å². The topological polar surface area (TPSA) is 67.3 Å². The minimum Gasteiger partial charge on any atom is -0.396 e. The molecule has 0 saturated heterocycles. The van der Waals surface area contributed by atoms with Crippen molar-refractivity contribution in [1.29, 1.82) is 0 Å². The van der Waals surface area contributed by atoms with Crippen LogP contribution in [-0.2, 0) is 9.84 Å². The van der Waals surface area contributed by atoms with E-state index in [1.54, 1.807) is 30.3 Å². The Morgan fingerprint density at radius 3 is 2.40 bits per heavy atom. The summed E-state index contributed by atoms with van der Waals surface area (Å²) in [6, 6.07) is 8.21. The van der Waals surface area contributed by atoms with Crippen LogP contribution in [0.15, 0.2) is 41.4 Å². The van der Waals surface area contributed by atoms with Crippen LogP contribution in [0.25, 0.3) is 11.3 Å². The Labute approximate surface area is 157 Å². The smallest absolute Gasteiger partial charge is 0.178 e. The fourth-order valence-corrected chi connectivity index (χ4v) is 5.51. The molecule has 1 fully saturated rings. The van der Waals surface area contributed by atoms with Gasteiger partial charge in [-0.15, -0.1) is 0 Å². The van der Waals surface area contributed by atoms with Crippen LogP contribution in [0.4, 0.5) is 0 Å². The molecule has 0 spiro atoms. The summed E-state index contributed by atoms with van der Waals surface area (Å²) in [5.41, 5.74) is 1.30. The van der Waals surface area contributed by atoms with Crippen molar-refractivity contribution in [2.75, 3.05) is 12.4 Å². The third-order valence-corrected chi connectivity index (χ3v) is 7.05. The van der Waals surface area contributed by atoms with Gasteiger partial charge in [-0.25, -0.2) is 8.42 Å². The second-order valence-electron chi connectivity index (χ2n) is 6.52. The van der Waals surface area contributed by atoms with Crippen molar-refractivity contribution in [3.05, 3.63) is 46.6 Å². The lowest BCUT2D eigenvalue weighted by molar-refractivity contribution is 0.227. The highest BCUT2D eigenvalue weighted by Crippen LogP contribution is 2.33. The molecule has 0 amide bonds. The largest absolute Gasteiger partial charge is 0.396 e. The van der Waals surface area contributed by atoms with E-state index in [9.17, 15) is 13.5 Å². The molecule has 1 heterocycles. The third kappa shape index (κ3) is 4.34. The van der Waals surface area contributed by atoms with E-state index in [2.05, 4.69) is 4.98 Å². The molecule has 3 rings (SSSR count). The van der Waals surface area contributed by atoms with Gasteiger partial charge < -0.3 is 5.11 Å². The van der Waals surface area contributed by atoms with Crippen molar-refractivity contribution in [3.8, 4) is 11.3 Å². The standard InChI is InChI=1S/C18H19Cl2NO3S/c19-15-8-17(20)18(21-9-15)14-3-5-16(6-4-14)25(23,24)11-13-2-1-12(7-13)10-22/h3-6,8-9,12-13,22H,1-2,7,10-11H2. The molecule has 25 heavy (non-hydrogen) atoms. The van der Waals surface area contributed by atoms with Crippen molar-refractivity contribution in [1.82, 2.24) is 4.98 Å². The first-order valence-corrected chi connectivity index (χ1v) is 10.5. The lowest BCUT2D eigenvalue weighted by atomic mass is 10.1. The second-order valence-corrected chi connectivity index (χ2v) is 9.40. The average Bonchev–Trinajstić information content (AvgIpc) is 3.02. The lowest BCUT2D eigenvalue weighted by Crippen LogP contribution is -2.15. The Kier molecular flexibility index (Phi) is 5.68. The second kappa shape index (κ2) is 7.62. The molecule has 1 saturated carbocycles. The van der Waals surface area contributed by atoms with Gasteiger partial charge in [0.2, 0.25) is 0 Å². The van der Waals surface area contributed by atoms with E-state index in [4.69, 9.17) is 23.2 Å². The Morgan fingerprint density at radius 1 is 1.12 bits per heavy atom. The molecule has 1 N–H and O–H groups in total. The molecule has 0 bridgehead atoms. The Balaban J connectivity index is 1.77. The van der Waals surface area contributed by atoms with Crippen LogP contribution in [-0.4, -0.2) is 30.9 Å². The van der Waals surface area contributed by atoms with Crippen LogP contribution in [0.3, 0.4) is 0 Å². The van der Waals surface area contributed by atoms with E-state index in [0.717, 1.165) is 24.8 Å². The van der Waals surface area contributed by atoms with E-state index in [0.29, 0.717) is 20.6 Å². The number of hydrogen-bond donors (Lipinski definition) is 1. The predicted octanol–water partition coefficient (Wildman–Crippen LogP) is 4.24. The van der Waals surface area contributed by atoms with Gasteiger partial charge in [0, 0.05) is 18.4 Å². The number of sulfone groups is 1. The van der Waals surface area contributed by atoms with Gasteiger partial charge in [0.15, 0.2) is 9.84 Å². The molecule has 4 nitrogen and oxygen atoms in total. The van der Waals surface area contributed by atoms with Crippen LogP contribution >= 0.6 is 23.2 Å². The Bertz CT molecular complexity index is 853. The number of aromatic nitrogens is 1. The van der Waals surface area contributed by atoms with Crippen molar-refractivity contribution >= 4 is 33.0 Å². The van der Waals surface area contributed by atoms with Gasteiger partial charge in [0.25, 0.3) is 0 Å². The van der Waals surface area contributed by atoms with E-state index in [-0.39, 0.29) is 24.2 Å². The molecular formula is C18H19Cl2NO3S. The van der Waals surface area contributed by atoms with Gasteiger partial charge in [-0.05, 0) is 49.3 Å². The number of hydrogen-bond acceptors (Lipinski definition) is 4. The first-order chi connectivity index (χ1) is 11.9. The minimum absolute atomic E-state index is 0.120. The number of aliphatic hydroxyl groups is 1. The van der Waals surface area contributed by atoms with Gasteiger partial charge in [-0.3, -0.25) is 4.98 Å². The molecule has 134 valence electrons. The zero-order chi connectivity index (χ0) is 18.0. The van der Waals surface area contributed by atoms with Crippen LogP contribution in [0.1, 0.15) is 19.3 Å². The number of pyridine rings is 1. The molecule has 2 aromatic rings. The summed E-state index contributed by atoms with van der Waals surface area (Å²) < 4.78 is 25.2. The third-order valence-electron chi connectivity index (χ3n) is 4.66. The summed E-state index contributed by atoms with van der Waals surface area (Å²) in [6.45, 7) is 0.139. The predicted molar refractivity (Wildman–Crippen MR) is 99.7 cm³/mol. The maximum Gasteiger partial charge on any atom is 0.178 e. The van der Waals surface area contributed by atoms with Crippen molar-refractivity contribution in [2.45, 2.75) is 24.2 Å². The lowest BCUT2D eigenvalue weighted by Gasteiger charge is -2.11. The maximum absolute atomic E-state index is 12.6. The van der Waals surface area contributed by atoms with Crippen LogP contribution in [0.5, 0.6) is 0 Å². The maximum atomic E-state index is 12.6. The fraction of sp³-hybridized carbons (Fsp3) is 0.389. The molecule has 2 atom stereocenters. The molecule has 2 unspecified atom stereocenters. The van der Waals surface area contributed by atoms with Crippen molar-refractivity contribution in [2.24, 2.45) is 11.8 Å². The summed E-state index contributed by atoms with van der Waals surface area (Å²) in [5, 5.41) is 10.1. The SMILES string of the molecule is O=S(=O)(CC1CCC(CO)C1)c1ccc(-c2ncc(Cl)cc2Cl)cc1. The molecule has 0 radical (unpaired) electrons. The first-order valence-electron chi connectivity index (χ1n) is 8.14. The van der Waals surface area contributed by atoms with Crippen molar-refractivity contribution in [3.63, 3.8) is 0 Å². The van der Waals surface area contributed by atoms with Crippen molar-refractivity contribution < 1.29 is 13.5 Å². The molecular weight excluding hydrogens is 381 g/mol. The summed E-state index contributed by atoms with van der Waals surface area (Å²) >= 11 is 12.0. The highest BCUT2D eigenvalue weighted by Gasteiger charge is 2.29. The molecule has 1 aromatic carbocycles. The van der Waals surface area contributed by atoms with E-state index in [1.165, 1.54) is 6.20 Å². The van der Waals surface area contributed by atoms with Gasteiger partial charge in [0.1, 0.15) is 0 Å². The highest BCUT2D eigenvalue weighted by atomic mass is 35.5. The number of benzene rings is 1. The van der Waals surface area contributed by atoms with Crippen LogP contribution in [0.2, 0.25) is 10.0 Å². The summed E-state index contributed by atoms with van der Waals surface area (Å²) in [5.74, 6) is 0.484. The normalized spacial score (nSPS) is 20.8. The molecule has 1 aromatic heterocycles. The molecule has 7 heteroatoms. The quantitative estimate of drug-likeness (QED) is 0.816. The first kappa shape index (κ1) is 18.6. The number of aliphatic hydroxyl groups excluding tert-OH is 1. The van der Waals surface area contributed by atoms with Crippen LogP contribution < -0.4 is 0 Å². The summed E-state index contributed by atoms with van der Waals surface area (Å²) in [6.07, 6.45) is 4.03. The van der Waals surface area contributed by atoms with E-state index in [1.807, 2.05) is 0 Å². The Morgan fingerprint density at radius 2 is 1.80 bits per heavy atom. The average molecular weight is 400 g/mol.